The van der Waals surface area contributed by atoms with Gasteiger partial charge in [0.2, 0.25) is 5.89 Å². The number of rotatable bonds is 2. The fourth-order valence-electron chi connectivity index (χ4n) is 1.87. The van der Waals surface area contributed by atoms with Gasteiger partial charge in [-0.3, -0.25) is 0 Å². The Morgan fingerprint density at radius 1 is 1.21 bits per heavy atom. The highest BCUT2D eigenvalue weighted by molar-refractivity contribution is 6.34. The lowest BCUT2D eigenvalue weighted by atomic mass is 10.1. The fourth-order valence-corrected chi connectivity index (χ4v) is 2.28. The molecule has 5 heteroatoms. The summed E-state index contributed by atoms with van der Waals surface area (Å²) in [6.45, 7) is 0. The lowest BCUT2D eigenvalue weighted by Gasteiger charge is -1.98. The number of benzene rings is 2. The van der Waals surface area contributed by atoms with Crippen LogP contribution in [-0.2, 0) is 5.88 Å². The number of hydrogen-bond donors (Lipinski definition) is 0. The van der Waals surface area contributed by atoms with Gasteiger partial charge < -0.3 is 4.42 Å². The first-order valence-corrected chi connectivity index (χ1v) is 6.49. The summed E-state index contributed by atoms with van der Waals surface area (Å²) in [6, 6.07) is 10.00. The predicted molar refractivity (Wildman–Crippen MR) is 74.0 cm³/mol. The van der Waals surface area contributed by atoms with Crippen molar-refractivity contribution in [3.63, 3.8) is 0 Å². The molecule has 2 nitrogen and oxygen atoms in total. The summed E-state index contributed by atoms with van der Waals surface area (Å²) in [5.74, 6) is 0.366. The molecule has 0 bridgehead atoms. The average molecular weight is 296 g/mol. The maximum Gasteiger partial charge on any atom is 0.227 e. The van der Waals surface area contributed by atoms with Crippen LogP contribution in [-0.4, -0.2) is 4.98 Å². The first-order chi connectivity index (χ1) is 9.17. The lowest BCUT2D eigenvalue weighted by molar-refractivity contribution is 0.614. The number of aromatic nitrogens is 1. The van der Waals surface area contributed by atoms with Crippen molar-refractivity contribution in [3.8, 4) is 11.5 Å². The number of halogens is 3. The van der Waals surface area contributed by atoms with E-state index in [2.05, 4.69) is 4.98 Å². The van der Waals surface area contributed by atoms with Crippen LogP contribution in [0.4, 0.5) is 4.39 Å². The van der Waals surface area contributed by atoms with E-state index in [0.717, 1.165) is 11.1 Å². The monoisotopic (exact) mass is 295 g/mol. The van der Waals surface area contributed by atoms with E-state index < -0.39 is 5.82 Å². The number of hydrogen-bond acceptors (Lipinski definition) is 2. The number of alkyl halides is 1. The Hall–Kier alpha value is -1.58. The maximum absolute atomic E-state index is 13.2. The molecule has 1 heterocycles. The molecular weight excluding hydrogens is 288 g/mol. The minimum absolute atomic E-state index is 0.210. The Morgan fingerprint density at radius 2 is 2.05 bits per heavy atom. The maximum atomic E-state index is 13.2. The van der Waals surface area contributed by atoms with Crippen molar-refractivity contribution in [2.45, 2.75) is 5.88 Å². The third-order valence-electron chi connectivity index (χ3n) is 2.74. The molecule has 0 N–H and O–H groups in total. The minimum Gasteiger partial charge on any atom is -0.435 e. The van der Waals surface area contributed by atoms with E-state index in [9.17, 15) is 4.39 Å². The Balaban J connectivity index is 2.17. The molecule has 2 aromatic carbocycles. The predicted octanol–water partition coefficient (Wildman–Crippen LogP) is 5.03. The van der Waals surface area contributed by atoms with Crippen LogP contribution in [0, 0.1) is 5.82 Å². The van der Waals surface area contributed by atoms with Crippen molar-refractivity contribution in [1.29, 1.82) is 0 Å². The van der Waals surface area contributed by atoms with E-state index in [1.165, 1.54) is 12.1 Å². The van der Waals surface area contributed by atoms with Crippen molar-refractivity contribution in [2.24, 2.45) is 0 Å². The molecule has 96 valence electrons. The third kappa shape index (κ3) is 2.31. The quantitative estimate of drug-likeness (QED) is 0.620. The van der Waals surface area contributed by atoms with E-state index in [1.54, 1.807) is 0 Å². The van der Waals surface area contributed by atoms with Gasteiger partial charge in [-0.25, -0.2) is 9.37 Å². The Labute approximate surface area is 118 Å². The van der Waals surface area contributed by atoms with Crippen LogP contribution in [0.1, 0.15) is 5.56 Å². The van der Waals surface area contributed by atoms with Crippen molar-refractivity contribution >= 4 is 34.3 Å². The topological polar surface area (TPSA) is 26.0 Å². The first-order valence-electron chi connectivity index (χ1n) is 5.58. The van der Waals surface area contributed by atoms with Crippen LogP contribution in [0.25, 0.3) is 22.6 Å². The second-order valence-corrected chi connectivity index (χ2v) is 4.76. The number of fused-ring (bicyclic) bond motifs is 1. The smallest absolute Gasteiger partial charge is 0.227 e. The molecule has 0 radical (unpaired) electrons. The summed E-state index contributed by atoms with van der Waals surface area (Å²) in [6.07, 6.45) is 0. The van der Waals surface area contributed by atoms with Gasteiger partial charge >= 0.3 is 0 Å². The fraction of sp³-hybridized carbons (Fsp3) is 0.0714. The molecule has 0 aliphatic heterocycles. The molecular formula is C14H8Cl2FNO. The summed E-state index contributed by atoms with van der Waals surface area (Å²) in [4.78, 5) is 4.25. The summed E-state index contributed by atoms with van der Waals surface area (Å²) in [7, 11) is 0. The molecule has 0 saturated carbocycles. The molecule has 0 aliphatic carbocycles. The van der Waals surface area contributed by atoms with Gasteiger partial charge in [-0.1, -0.05) is 23.7 Å². The van der Waals surface area contributed by atoms with E-state index in [-0.39, 0.29) is 5.02 Å². The van der Waals surface area contributed by atoms with Crippen LogP contribution < -0.4 is 0 Å². The summed E-state index contributed by atoms with van der Waals surface area (Å²) in [5.41, 5.74) is 2.52. The SMILES string of the molecule is Fc1cc(Cl)c2oc(-c3cccc(CCl)c3)nc2c1. The average Bonchev–Trinajstić information content (AvgIpc) is 2.83. The van der Waals surface area contributed by atoms with Crippen molar-refractivity contribution in [2.75, 3.05) is 0 Å². The van der Waals surface area contributed by atoms with E-state index in [4.69, 9.17) is 27.6 Å². The molecule has 0 amide bonds. The molecule has 0 saturated heterocycles. The van der Waals surface area contributed by atoms with Crippen LogP contribution in [0.15, 0.2) is 40.8 Å². The molecule has 0 aliphatic rings. The molecule has 0 atom stereocenters. The number of nitrogens with zero attached hydrogens (tertiary/aromatic N) is 1. The minimum atomic E-state index is -0.438. The van der Waals surface area contributed by atoms with E-state index >= 15 is 0 Å². The summed E-state index contributed by atoms with van der Waals surface area (Å²) >= 11 is 11.7. The first kappa shape index (κ1) is 12.5. The highest BCUT2D eigenvalue weighted by atomic mass is 35.5. The third-order valence-corrected chi connectivity index (χ3v) is 3.33. The van der Waals surface area contributed by atoms with Crippen LogP contribution in [0.5, 0.6) is 0 Å². The van der Waals surface area contributed by atoms with Crippen LogP contribution in [0.2, 0.25) is 5.02 Å². The molecule has 0 fully saturated rings. The lowest BCUT2D eigenvalue weighted by Crippen LogP contribution is -1.81. The molecule has 1 aromatic heterocycles. The zero-order chi connectivity index (χ0) is 13.4. The Morgan fingerprint density at radius 3 is 2.84 bits per heavy atom. The van der Waals surface area contributed by atoms with Gasteiger partial charge in [0.15, 0.2) is 5.58 Å². The van der Waals surface area contributed by atoms with Gasteiger partial charge in [0.25, 0.3) is 0 Å². The zero-order valence-corrected chi connectivity index (χ0v) is 11.2. The van der Waals surface area contributed by atoms with Gasteiger partial charge in [0.1, 0.15) is 11.3 Å². The summed E-state index contributed by atoms with van der Waals surface area (Å²) < 4.78 is 18.8. The highest BCUT2D eigenvalue weighted by Crippen LogP contribution is 2.30. The van der Waals surface area contributed by atoms with Gasteiger partial charge in [0.05, 0.1) is 5.02 Å². The standard InChI is InChI=1S/C14H8Cl2FNO/c15-7-8-2-1-3-9(4-8)14-18-12-6-10(17)5-11(16)13(12)19-14/h1-6H,7H2. The normalized spacial score (nSPS) is 11.1. The van der Waals surface area contributed by atoms with Gasteiger partial charge in [-0.15, -0.1) is 11.6 Å². The van der Waals surface area contributed by atoms with Gasteiger partial charge in [-0.05, 0) is 23.8 Å². The van der Waals surface area contributed by atoms with E-state index in [1.807, 2.05) is 24.3 Å². The largest absolute Gasteiger partial charge is 0.435 e. The van der Waals surface area contributed by atoms with Gasteiger partial charge in [-0.2, -0.15) is 0 Å². The number of oxazole rings is 1. The van der Waals surface area contributed by atoms with Gasteiger partial charge in [0, 0.05) is 17.5 Å². The van der Waals surface area contributed by atoms with Crippen molar-refractivity contribution < 1.29 is 8.81 Å². The van der Waals surface area contributed by atoms with Crippen LogP contribution in [0.3, 0.4) is 0 Å². The van der Waals surface area contributed by atoms with E-state index in [0.29, 0.717) is 22.9 Å². The molecule has 0 unspecified atom stereocenters. The molecule has 3 aromatic rings. The zero-order valence-electron chi connectivity index (χ0n) is 9.66. The molecule has 0 spiro atoms. The summed E-state index contributed by atoms with van der Waals surface area (Å²) in [5, 5.41) is 0.210. The Kier molecular flexibility index (Phi) is 3.17. The molecule has 19 heavy (non-hydrogen) atoms. The van der Waals surface area contributed by atoms with Crippen LogP contribution >= 0.6 is 23.2 Å². The van der Waals surface area contributed by atoms with Crippen molar-refractivity contribution in [1.82, 2.24) is 4.98 Å². The molecule has 3 rings (SSSR count). The highest BCUT2D eigenvalue weighted by Gasteiger charge is 2.12. The second-order valence-electron chi connectivity index (χ2n) is 4.09. The Bertz CT molecular complexity index is 754. The van der Waals surface area contributed by atoms with Crippen molar-refractivity contribution in [3.05, 3.63) is 52.8 Å². The second kappa shape index (κ2) is 4.83.